The lowest BCUT2D eigenvalue weighted by Gasteiger charge is -2.26. The van der Waals surface area contributed by atoms with Gasteiger partial charge >= 0.3 is 0 Å². The van der Waals surface area contributed by atoms with Gasteiger partial charge in [0.1, 0.15) is 9.84 Å². The number of rotatable bonds is 3. The molecule has 2 heterocycles. The molecule has 96 valence electrons. The normalized spacial score (nSPS) is 22.5. The Morgan fingerprint density at radius 1 is 1.41 bits per heavy atom. The van der Waals surface area contributed by atoms with Crippen LogP contribution < -0.4 is 5.32 Å². The zero-order valence-electron chi connectivity index (χ0n) is 9.65. The summed E-state index contributed by atoms with van der Waals surface area (Å²) in [6.45, 7) is 2.09. The molecule has 1 N–H and O–H groups in total. The Morgan fingerprint density at radius 3 is 2.59 bits per heavy atom. The van der Waals surface area contributed by atoms with Crippen LogP contribution in [-0.4, -0.2) is 26.0 Å². The fourth-order valence-electron chi connectivity index (χ4n) is 2.05. The minimum Gasteiger partial charge on any atom is -0.307 e. The molecule has 6 heteroatoms. The highest BCUT2D eigenvalue weighted by Gasteiger charge is 2.24. The molecule has 1 aromatic heterocycles. The molecule has 1 aliphatic heterocycles. The molecule has 0 aliphatic carbocycles. The van der Waals surface area contributed by atoms with Crippen molar-refractivity contribution in [3.8, 4) is 0 Å². The van der Waals surface area contributed by atoms with Gasteiger partial charge < -0.3 is 5.32 Å². The van der Waals surface area contributed by atoms with Gasteiger partial charge in [0.05, 0.1) is 15.8 Å². The maximum absolute atomic E-state index is 11.3. The van der Waals surface area contributed by atoms with Gasteiger partial charge in [-0.15, -0.1) is 11.3 Å². The van der Waals surface area contributed by atoms with E-state index in [0.29, 0.717) is 30.4 Å². The predicted molar refractivity (Wildman–Crippen MR) is 72.6 cm³/mol. The number of sulfone groups is 1. The summed E-state index contributed by atoms with van der Waals surface area (Å²) in [4.78, 5) is 1.20. The van der Waals surface area contributed by atoms with Gasteiger partial charge in [0, 0.05) is 17.0 Å². The Kier molecular flexibility index (Phi) is 4.13. The third-order valence-corrected chi connectivity index (χ3v) is 6.19. The van der Waals surface area contributed by atoms with Gasteiger partial charge in [-0.25, -0.2) is 8.42 Å². The maximum atomic E-state index is 11.3. The monoisotopic (exact) mass is 293 g/mol. The zero-order chi connectivity index (χ0) is 12.5. The molecule has 0 spiro atoms. The summed E-state index contributed by atoms with van der Waals surface area (Å²) in [5, 5.41) is 3.47. The van der Waals surface area contributed by atoms with Crippen molar-refractivity contribution in [2.45, 2.75) is 31.8 Å². The number of halogens is 1. The molecule has 0 amide bonds. The Hall–Kier alpha value is -0.100. The van der Waals surface area contributed by atoms with Crippen molar-refractivity contribution >= 4 is 32.8 Å². The van der Waals surface area contributed by atoms with Crippen LogP contribution in [0.2, 0.25) is 4.34 Å². The summed E-state index contributed by atoms with van der Waals surface area (Å²) >= 11 is 7.46. The highest BCUT2D eigenvalue weighted by atomic mass is 35.5. The summed E-state index contributed by atoms with van der Waals surface area (Å²) in [6, 6.07) is 4.45. The third kappa shape index (κ3) is 3.68. The second kappa shape index (κ2) is 5.26. The van der Waals surface area contributed by atoms with Crippen LogP contribution in [0.4, 0.5) is 0 Å². The van der Waals surface area contributed by atoms with Crippen molar-refractivity contribution in [3.63, 3.8) is 0 Å². The molecule has 1 atom stereocenters. The summed E-state index contributed by atoms with van der Waals surface area (Å²) in [5.74, 6) is 0.616. The molecular formula is C11H16ClNO2S2. The van der Waals surface area contributed by atoms with Gasteiger partial charge in [0.25, 0.3) is 0 Å². The van der Waals surface area contributed by atoms with Gasteiger partial charge in [-0.05, 0) is 31.9 Å². The largest absolute Gasteiger partial charge is 0.307 e. The van der Waals surface area contributed by atoms with Crippen LogP contribution in [0.1, 0.15) is 30.7 Å². The van der Waals surface area contributed by atoms with Crippen molar-refractivity contribution in [1.29, 1.82) is 0 Å². The van der Waals surface area contributed by atoms with Crippen molar-refractivity contribution in [3.05, 3.63) is 21.3 Å². The SMILES string of the molecule is CC(NC1CCS(=O)(=O)CC1)c1ccc(Cl)s1. The quantitative estimate of drug-likeness (QED) is 0.932. The molecule has 3 nitrogen and oxygen atoms in total. The zero-order valence-corrected chi connectivity index (χ0v) is 12.0. The van der Waals surface area contributed by atoms with Crippen LogP contribution in [0.5, 0.6) is 0 Å². The predicted octanol–water partition coefficient (Wildman–Crippen LogP) is 2.63. The molecule has 1 fully saturated rings. The summed E-state index contributed by atoms with van der Waals surface area (Å²) in [7, 11) is -2.77. The first-order chi connectivity index (χ1) is 7.96. The molecular weight excluding hydrogens is 278 g/mol. The Bertz CT molecular complexity index is 469. The van der Waals surface area contributed by atoms with E-state index in [1.54, 1.807) is 11.3 Å². The molecule has 0 radical (unpaired) electrons. The van der Waals surface area contributed by atoms with E-state index in [1.807, 2.05) is 12.1 Å². The van der Waals surface area contributed by atoms with E-state index >= 15 is 0 Å². The van der Waals surface area contributed by atoms with Gasteiger partial charge in [-0.3, -0.25) is 0 Å². The minimum atomic E-state index is -2.77. The Morgan fingerprint density at radius 2 is 2.06 bits per heavy atom. The van der Waals surface area contributed by atoms with Crippen molar-refractivity contribution in [2.24, 2.45) is 0 Å². The van der Waals surface area contributed by atoms with E-state index in [-0.39, 0.29) is 6.04 Å². The van der Waals surface area contributed by atoms with Crippen LogP contribution in [0.3, 0.4) is 0 Å². The van der Waals surface area contributed by atoms with Crippen LogP contribution in [0.25, 0.3) is 0 Å². The fraction of sp³-hybridized carbons (Fsp3) is 0.636. The smallest absolute Gasteiger partial charge is 0.150 e. The number of thiophene rings is 1. The van der Waals surface area contributed by atoms with Crippen molar-refractivity contribution < 1.29 is 8.42 Å². The minimum absolute atomic E-state index is 0.235. The van der Waals surface area contributed by atoms with Gasteiger partial charge in [-0.2, -0.15) is 0 Å². The van der Waals surface area contributed by atoms with Crippen LogP contribution >= 0.6 is 22.9 Å². The highest BCUT2D eigenvalue weighted by molar-refractivity contribution is 7.91. The first-order valence-corrected chi connectivity index (χ1v) is 8.69. The van der Waals surface area contributed by atoms with Crippen LogP contribution in [0, 0.1) is 0 Å². The van der Waals surface area contributed by atoms with E-state index in [1.165, 1.54) is 4.88 Å². The van der Waals surface area contributed by atoms with E-state index in [9.17, 15) is 8.42 Å². The second-order valence-corrected chi connectivity index (χ2v) is 8.51. The molecule has 1 aromatic rings. The van der Waals surface area contributed by atoms with E-state index in [4.69, 9.17) is 11.6 Å². The highest BCUT2D eigenvalue weighted by Crippen LogP contribution is 2.27. The Balaban J connectivity index is 1.90. The summed E-state index contributed by atoms with van der Waals surface area (Å²) < 4.78 is 23.4. The molecule has 1 saturated heterocycles. The van der Waals surface area contributed by atoms with Gasteiger partial charge in [0.2, 0.25) is 0 Å². The summed E-state index contributed by atoms with van der Waals surface area (Å²) in [5.41, 5.74) is 0. The van der Waals surface area contributed by atoms with Crippen molar-refractivity contribution in [2.75, 3.05) is 11.5 Å². The molecule has 1 aliphatic rings. The van der Waals surface area contributed by atoms with Crippen LogP contribution in [0.15, 0.2) is 12.1 Å². The summed E-state index contributed by atoms with van der Waals surface area (Å²) in [6.07, 6.45) is 1.43. The fourth-order valence-corrected chi connectivity index (χ4v) is 4.62. The first kappa shape index (κ1) is 13.3. The van der Waals surface area contributed by atoms with Gasteiger partial charge in [0.15, 0.2) is 0 Å². The molecule has 0 aromatic carbocycles. The topological polar surface area (TPSA) is 46.2 Å². The standard InChI is InChI=1S/C11H16ClNO2S2/c1-8(10-2-3-11(12)16-10)13-9-4-6-17(14,15)7-5-9/h2-3,8-9,13H,4-7H2,1H3. The van der Waals surface area contributed by atoms with Gasteiger partial charge in [-0.1, -0.05) is 11.6 Å². The maximum Gasteiger partial charge on any atom is 0.150 e. The first-order valence-electron chi connectivity index (χ1n) is 5.68. The van der Waals surface area contributed by atoms with Crippen LogP contribution in [-0.2, 0) is 9.84 Å². The number of hydrogen-bond acceptors (Lipinski definition) is 4. The third-order valence-electron chi connectivity index (χ3n) is 3.06. The average Bonchev–Trinajstić information content (AvgIpc) is 2.68. The average molecular weight is 294 g/mol. The van der Waals surface area contributed by atoms with E-state index in [0.717, 1.165) is 4.34 Å². The van der Waals surface area contributed by atoms with E-state index in [2.05, 4.69) is 12.2 Å². The lowest BCUT2D eigenvalue weighted by molar-refractivity contribution is 0.423. The number of hydrogen-bond donors (Lipinski definition) is 1. The Labute approximate surface area is 111 Å². The van der Waals surface area contributed by atoms with Crippen molar-refractivity contribution in [1.82, 2.24) is 5.32 Å². The van der Waals surface area contributed by atoms with E-state index < -0.39 is 9.84 Å². The number of nitrogens with one attached hydrogen (secondary N) is 1. The molecule has 0 bridgehead atoms. The molecule has 0 saturated carbocycles. The molecule has 17 heavy (non-hydrogen) atoms. The lowest BCUT2D eigenvalue weighted by Crippen LogP contribution is -2.38. The second-order valence-electron chi connectivity index (χ2n) is 4.46. The molecule has 1 unspecified atom stereocenters. The lowest BCUT2D eigenvalue weighted by atomic mass is 10.1. The molecule has 2 rings (SSSR count).